The Labute approximate surface area is 106 Å². The molecule has 0 aliphatic heterocycles. The molecule has 0 amide bonds. The molecule has 0 aliphatic rings. The van der Waals surface area contributed by atoms with Crippen molar-refractivity contribution in [2.45, 2.75) is 39.8 Å². The summed E-state index contributed by atoms with van der Waals surface area (Å²) < 4.78 is 14.3. The van der Waals surface area contributed by atoms with Crippen LogP contribution < -0.4 is 5.32 Å². The largest absolute Gasteiger partial charge is 0.310 e. The molecule has 0 aliphatic carbocycles. The van der Waals surface area contributed by atoms with Crippen LogP contribution in [-0.4, -0.2) is 6.04 Å². The van der Waals surface area contributed by atoms with Crippen molar-refractivity contribution in [2.24, 2.45) is 5.92 Å². The lowest BCUT2D eigenvalue weighted by Crippen LogP contribution is -2.31. The third kappa shape index (κ3) is 3.87. The van der Waals surface area contributed by atoms with Crippen molar-refractivity contribution >= 4 is 15.9 Å². The first-order valence-corrected chi connectivity index (χ1v) is 6.51. The highest BCUT2D eigenvalue weighted by atomic mass is 79.9. The first-order valence-electron chi connectivity index (χ1n) is 5.72. The lowest BCUT2D eigenvalue weighted by atomic mass is 10.0. The van der Waals surface area contributed by atoms with Gasteiger partial charge in [0.15, 0.2) is 0 Å². The van der Waals surface area contributed by atoms with E-state index in [9.17, 15) is 4.39 Å². The molecule has 0 spiro atoms. The maximum absolute atomic E-state index is 13.5. The predicted molar refractivity (Wildman–Crippen MR) is 69.9 cm³/mol. The predicted octanol–water partition coefficient (Wildman–Crippen LogP) is 4.11. The van der Waals surface area contributed by atoms with Crippen LogP contribution >= 0.6 is 15.9 Å². The summed E-state index contributed by atoms with van der Waals surface area (Å²) in [6.45, 7) is 7.11. The highest BCUT2D eigenvalue weighted by Crippen LogP contribution is 2.16. The summed E-state index contributed by atoms with van der Waals surface area (Å²) in [5, 5.41) is 3.35. The molecule has 0 saturated heterocycles. The maximum Gasteiger partial charge on any atom is 0.128 e. The molecule has 1 nitrogen and oxygen atoms in total. The minimum Gasteiger partial charge on any atom is -0.310 e. The zero-order valence-corrected chi connectivity index (χ0v) is 11.6. The molecule has 0 radical (unpaired) electrons. The van der Waals surface area contributed by atoms with Gasteiger partial charge in [0, 0.05) is 22.6 Å². The van der Waals surface area contributed by atoms with Crippen LogP contribution in [0.25, 0.3) is 0 Å². The molecule has 0 saturated carbocycles. The third-order valence-electron chi connectivity index (χ3n) is 3.13. The molecule has 0 fully saturated rings. The molecular formula is C13H19BrFN. The number of halogens is 2. The van der Waals surface area contributed by atoms with Gasteiger partial charge in [0.1, 0.15) is 5.82 Å². The molecule has 0 heterocycles. The Kier molecular flexibility index (Phi) is 5.42. The Balaban J connectivity index is 2.54. The fraction of sp³-hybridized carbons (Fsp3) is 0.538. The summed E-state index contributed by atoms with van der Waals surface area (Å²) in [6, 6.07) is 5.60. The van der Waals surface area contributed by atoms with Crippen molar-refractivity contribution in [1.82, 2.24) is 5.32 Å². The first kappa shape index (κ1) is 13.7. The molecule has 2 atom stereocenters. The van der Waals surface area contributed by atoms with E-state index in [0.29, 0.717) is 18.5 Å². The van der Waals surface area contributed by atoms with Crippen LogP contribution in [0.2, 0.25) is 0 Å². The average Bonchev–Trinajstić information content (AvgIpc) is 2.26. The van der Waals surface area contributed by atoms with Gasteiger partial charge in [-0.2, -0.15) is 0 Å². The van der Waals surface area contributed by atoms with Crippen molar-refractivity contribution in [3.63, 3.8) is 0 Å². The van der Waals surface area contributed by atoms with Gasteiger partial charge in [-0.25, -0.2) is 4.39 Å². The molecule has 16 heavy (non-hydrogen) atoms. The summed E-state index contributed by atoms with van der Waals surface area (Å²) in [6.07, 6.45) is 1.14. The maximum atomic E-state index is 13.5. The van der Waals surface area contributed by atoms with E-state index < -0.39 is 0 Å². The molecule has 1 aromatic rings. The van der Waals surface area contributed by atoms with Crippen LogP contribution in [0.1, 0.15) is 32.8 Å². The van der Waals surface area contributed by atoms with Gasteiger partial charge in [-0.15, -0.1) is 0 Å². The van der Waals surface area contributed by atoms with Crippen LogP contribution in [0.5, 0.6) is 0 Å². The van der Waals surface area contributed by atoms with Gasteiger partial charge in [-0.3, -0.25) is 0 Å². The SMILES string of the molecule is CCC(C)C(C)NCc1ccc(Br)cc1F. The Morgan fingerprint density at radius 3 is 2.62 bits per heavy atom. The standard InChI is InChI=1S/C13H19BrFN/c1-4-9(2)10(3)16-8-11-5-6-12(14)7-13(11)15/h5-7,9-10,16H,4,8H2,1-3H3. The van der Waals surface area contributed by atoms with E-state index in [-0.39, 0.29) is 5.82 Å². The van der Waals surface area contributed by atoms with E-state index in [4.69, 9.17) is 0 Å². The normalized spacial score (nSPS) is 14.8. The number of hydrogen-bond acceptors (Lipinski definition) is 1. The van der Waals surface area contributed by atoms with Crippen LogP contribution in [0.3, 0.4) is 0 Å². The van der Waals surface area contributed by atoms with Crippen molar-refractivity contribution in [1.29, 1.82) is 0 Å². The summed E-state index contributed by atoms with van der Waals surface area (Å²) >= 11 is 3.25. The van der Waals surface area contributed by atoms with Gasteiger partial charge in [-0.05, 0) is 25.0 Å². The lowest BCUT2D eigenvalue weighted by Gasteiger charge is -2.20. The molecular weight excluding hydrogens is 269 g/mol. The molecule has 0 bridgehead atoms. The van der Waals surface area contributed by atoms with Gasteiger partial charge < -0.3 is 5.32 Å². The monoisotopic (exact) mass is 287 g/mol. The molecule has 1 N–H and O–H groups in total. The average molecular weight is 288 g/mol. The van der Waals surface area contributed by atoms with E-state index in [1.165, 1.54) is 6.07 Å². The molecule has 2 unspecified atom stereocenters. The second kappa shape index (κ2) is 6.36. The smallest absolute Gasteiger partial charge is 0.128 e. The quantitative estimate of drug-likeness (QED) is 0.859. The second-order valence-corrected chi connectivity index (χ2v) is 5.21. The topological polar surface area (TPSA) is 12.0 Å². The molecule has 3 heteroatoms. The van der Waals surface area contributed by atoms with Crippen molar-refractivity contribution in [3.05, 3.63) is 34.1 Å². The fourth-order valence-corrected chi connectivity index (χ4v) is 1.82. The van der Waals surface area contributed by atoms with E-state index in [1.54, 1.807) is 0 Å². The minimum atomic E-state index is -0.154. The fourth-order valence-electron chi connectivity index (χ4n) is 1.49. The van der Waals surface area contributed by atoms with Gasteiger partial charge >= 0.3 is 0 Å². The van der Waals surface area contributed by atoms with Crippen LogP contribution in [-0.2, 0) is 6.54 Å². The van der Waals surface area contributed by atoms with Crippen LogP contribution in [0, 0.1) is 11.7 Å². The summed E-state index contributed by atoms with van der Waals surface area (Å²) in [5.74, 6) is 0.455. The lowest BCUT2D eigenvalue weighted by molar-refractivity contribution is 0.386. The zero-order valence-electron chi connectivity index (χ0n) is 10.1. The van der Waals surface area contributed by atoms with E-state index in [0.717, 1.165) is 16.5 Å². The number of nitrogens with one attached hydrogen (secondary N) is 1. The second-order valence-electron chi connectivity index (χ2n) is 4.29. The van der Waals surface area contributed by atoms with E-state index in [2.05, 4.69) is 42.0 Å². The van der Waals surface area contributed by atoms with E-state index >= 15 is 0 Å². The summed E-state index contributed by atoms with van der Waals surface area (Å²) in [5.41, 5.74) is 0.721. The third-order valence-corrected chi connectivity index (χ3v) is 3.62. The van der Waals surface area contributed by atoms with E-state index in [1.807, 2.05) is 12.1 Å². The Bertz CT molecular complexity index is 341. The highest BCUT2D eigenvalue weighted by Gasteiger charge is 2.10. The zero-order chi connectivity index (χ0) is 12.1. The van der Waals surface area contributed by atoms with Gasteiger partial charge in [0.25, 0.3) is 0 Å². The van der Waals surface area contributed by atoms with Crippen LogP contribution in [0.15, 0.2) is 22.7 Å². The van der Waals surface area contributed by atoms with Crippen molar-refractivity contribution in [2.75, 3.05) is 0 Å². The first-order chi connectivity index (χ1) is 7.54. The van der Waals surface area contributed by atoms with Gasteiger partial charge in [0.05, 0.1) is 0 Å². The van der Waals surface area contributed by atoms with Crippen molar-refractivity contribution < 1.29 is 4.39 Å². The van der Waals surface area contributed by atoms with Gasteiger partial charge in [-0.1, -0.05) is 42.3 Å². The molecule has 1 rings (SSSR count). The summed E-state index contributed by atoms with van der Waals surface area (Å²) in [7, 11) is 0. The number of benzene rings is 1. The summed E-state index contributed by atoms with van der Waals surface area (Å²) in [4.78, 5) is 0. The molecule has 90 valence electrons. The Morgan fingerprint density at radius 1 is 1.38 bits per heavy atom. The molecule has 0 aromatic heterocycles. The Morgan fingerprint density at radius 2 is 2.06 bits per heavy atom. The van der Waals surface area contributed by atoms with Gasteiger partial charge in [0.2, 0.25) is 0 Å². The molecule has 1 aromatic carbocycles. The number of rotatable bonds is 5. The van der Waals surface area contributed by atoms with Crippen molar-refractivity contribution in [3.8, 4) is 0 Å². The Hall–Kier alpha value is -0.410. The minimum absolute atomic E-state index is 0.154. The van der Waals surface area contributed by atoms with Crippen LogP contribution in [0.4, 0.5) is 4.39 Å². The highest BCUT2D eigenvalue weighted by molar-refractivity contribution is 9.10. The number of hydrogen-bond donors (Lipinski definition) is 1.